The maximum Gasteiger partial charge on any atom is 0.126 e. The first kappa shape index (κ1) is 8.70. The van der Waals surface area contributed by atoms with Gasteiger partial charge in [-0.2, -0.15) is 0 Å². The molecule has 0 radical (unpaired) electrons. The first-order valence-electron chi connectivity index (χ1n) is 4.71. The first-order chi connectivity index (χ1) is 6.18. The second-order valence-electron chi connectivity index (χ2n) is 3.81. The van der Waals surface area contributed by atoms with Crippen molar-refractivity contribution < 1.29 is 4.39 Å². The molecule has 2 heteroatoms. The summed E-state index contributed by atoms with van der Waals surface area (Å²) in [7, 11) is 0. The molecule has 1 atom stereocenters. The van der Waals surface area contributed by atoms with Crippen molar-refractivity contribution in [2.75, 3.05) is 0 Å². The van der Waals surface area contributed by atoms with E-state index >= 15 is 0 Å². The van der Waals surface area contributed by atoms with Crippen LogP contribution in [0, 0.1) is 12.7 Å². The maximum absolute atomic E-state index is 13.2. The first-order valence-corrected chi connectivity index (χ1v) is 4.71. The van der Waals surface area contributed by atoms with Crippen molar-refractivity contribution in [2.24, 2.45) is 5.73 Å². The van der Waals surface area contributed by atoms with E-state index in [4.69, 9.17) is 5.73 Å². The minimum atomic E-state index is -0.0887. The van der Waals surface area contributed by atoms with Gasteiger partial charge < -0.3 is 5.73 Å². The van der Waals surface area contributed by atoms with Crippen LogP contribution in [-0.2, 0) is 12.8 Å². The van der Waals surface area contributed by atoms with Crippen LogP contribution in [-0.4, -0.2) is 6.04 Å². The Hall–Kier alpha value is -0.890. The van der Waals surface area contributed by atoms with Crippen molar-refractivity contribution in [2.45, 2.75) is 32.2 Å². The highest BCUT2D eigenvalue weighted by atomic mass is 19.1. The molecule has 0 bridgehead atoms. The fraction of sp³-hybridized carbons (Fsp3) is 0.455. The third-order valence-electron chi connectivity index (χ3n) is 2.88. The van der Waals surface area contributed by atoms with E-state index in [1.165, 1.54) is 11.1 Å². The molecular weight excluding hydrogens is 165 g/mol. The number of hydrogen-bond donors (Lipinski definition) is 1. The lowest BCUT2D eigenvalue weighted by atomic mass is 9.86. The molecule has 1 aliphatic rings. The van der Waals surface area contributed by atoms with Gasteiger partial charge in [-0.15, -0.1) is 0 Å². The topological polar surface area (TPSA) is 26.0 Å². The lowest BCUT2D eigenvalue weighted by Crippen LogP contribution is -2.28. The Bertz CT molecular complexity index is 333. The summed E-state index contributed by atoms with van der Waals surface area (Å²) in [5.74, 6) is -0.0887. The van der Waals surface area contributed by atoms with Gasteiger partial charge >= 0.3 is 0 Å². The van der Waals surface area contributed by atoms with Crippen LogP contribution in [0.15, 0.2) is 12.1 Å². The van der Waals surface area contributed by atoms with Crippen LogP contribution in [0.5, 0.6) is 0 Å². The molecule has 0 amide bonds. The van der Waals surface area contributed by atoms with Gasteiger partial charge in [-0.05, 0) is 48.9 Å². The van der Waals surface area contributed by atoms with Gasteiger partial charge in [0.1, 0.15) is 5.82 Å². The molecule has 0 saturated heterocycles. The Morgan fingerprint density at radius 2 is 2.23 bits per heavy atom. The molecule has 70 valence electrons. The molecule has 13 heavy (non-hydrogen) atoms. The molecule has 1 aliphatic carbocycles. The zero-order chi connectivity index (χ0) is 9.42. The highest BCUT2D eigenvalue weighted by molar-refractivity contribution is 5.37. The summed E-state index contributed by atoms with van der Waals surface area (Å²) in [4.78, 5) is 0. The zero-order valence-corrected chi connectivity index (χ0v) is 7.81. The molecular formula is C11H14FN. The Kier molecular flexibility index (Phi) is 2.08. The maximum atomic E-state index is 13.2. The number of halogens is 1. The van der Waals surface area contributed by atoms with Crippen LogP contribution in [0.25, 0.3) is 0 Å². The third-order valence-corrected chi connectivity index (χ3v) is 2.88. The minimum absolute atomic E-state index is 0.0887. The molecule has 0 aromatic heterocycles. The average molecular weight is 179 g/mol. The van der Waals surface area contributed by atoms with Gasteiger partial charge in [0, 0.05) is 6.04 Å². The van der Waals surface area contributed by atoms with E-state index in [2.05, 4.69) is 0 Å². The van der Waals surface area contributed by atoms with E-state index in [0.717, 1.165) is 24.8 Å². The van der Waals surface area contributed by atoms with E-state index in [9.17, 15) is 4.39 Å². The summed E-state index contributed by atoms with van der Waals surface area (Å²) in [5, 5.41) is 0. The van der Waals surface area contributed by atoms with Crippen molar-refractivity contribution in [3.8, 4) is 0 Å². The molecule has 0 aliphatic heterocycles. The van der Waals surface area contributed by atoms with Crippen molar-refractivity contribution >= 4 is 0 Å². The second-order valence-corrected chi connectivity index (χ2v) is 3.81. The van der Waals surface area contributed by atoms with Crippen LogP contribution in [0.1, 0.15) is 23.1 Å². The van der Waals surface area contributed by atoms with Crippen LogP contribution in [0.3, 0.4) is 0 Å². The second kappa shape index (κ2) is 3.11. The van der Waals surface area contributed by atoms with E-state index in [1.807, 2.05) is 13.0 Å². The normalized spacial score (nSPS) is 21.3. The molecule has 1 unspecified atom stereocenters. The summed E-state index contributed by atoms with van der Waals surface area (Å²) < 4.78 is 13.2. The van der Waals surface area contributed by atoms with Gasteiger partial charge in [0.15, 0.2) is 0 Å². The predicted molar refractivity (Wildman–Crippen MR) is 51.1 cm³/mol. The summed E-state index contributed by atoms with van der Waals surface area (Å²) >= 11 is 0. The third kappa shape index (κ3) is 1.46. The Morgan fingerprint density at radius 1 is 1.46 bits per heavy atom. The summed E-state index contributed by atoms with van der Waals surface area (Å²) in [6, 6.07) is 3.68. The average Bonchev–Trinajstić information content (AvgIpc) is 2.12. The zero-order valence-electron chi connectivity index (χ0n) is 7.81. The van der Waals surface area contributed by atoms with Crippen LogP contribution in [0.4, 0.5) is 4.39 Å². The van der Waals surface area contributed by atoms with Crippen molar-refractivity contribution in [1.82, 2.24) is 0 Å². The highest BCUT2D eigenvalue weighted by Crippen LogP contribution is 2.25. The van der Waals surface area contributed by atoms with Crippen molar-refractivity contribution in [1.29, 1.82) is 0 Å². The molecule has 0 spiro atoms. The van der Waals surface area contributed by atoms with Gasteiger partial charge in [0.25, 0.3) is 0 Å². The summed E-state index contributed by atoms with van der Waals surface area (Å²) in [6.45, 7) is 1.85. The molecule has 2 N–H and O–H groups in total. The lowest BCUT2D eigenvalue weighted by molar-refractivity contribution is 0.560. The fourth-order valence-electron chi connectivity index (χ4n) is 2.04. The molecule has 1 nitrogen and oxygen atoms in total. The van der Waals surface area contributed by atoms with Crippen LogP contribution >= 0.6 is 0 Å². The summed E-state index contributed by atoms with van der Waals surface area (Å²) in [6.07, 6.45) is 2.81. The smallest absolute Gasteiger partial charge is 0.126 e. The molecule has 0 saturated carbocycles. The molecule has 0 heterocycles. The van der Waals surface area contributed by atoms with Crippen molar-refractivity contribution in [3.63, 3.8) is 0 Å². The van der Waals surface area contributed by atoms with Crippen molar-refractivity contribution in [3.05, 3.63) is 34.6 Å². The predicted octanol–water partition coefficient (Wildman–Crippen LogP) is 1.95. The molecule has 1 aromatic rings. The highest BCUT2D eigenvalue weighted by Gasteiger charge is 2.18. The quantitative estimate of drug-likeness (QED) is 0.647. The van der Waals surface area contributed by atoms with E-state index < -0.39 is 0 Å². The Labute approximate surface area is 77.8 Å². The molecule has 1 aromatic carbocycles. The Balaban J connectivity index is 2.47. The SMILES string of the molecule is Cc1c(F)ccc2c1CCC(N)C2. The van der Waals surface area contributed by atoms with E-state index in [1.54, 1.807) is 6.07 Å². The Morgan fingerprint density at radius 3 is 3.00 bits per heavy atom. The van der Waals surface area contributed by atoms with Crippen LogP contribution in [0.2, 0.25) is 0 Å². The number of hydrogen-bond acceptors (Lipinski definition) is 1. The van der Waals surface area contributed by atoms with Gasteiger partial charge in [-0.3, -0.25) is 0 Å². The summed E-state index contributed by atoms with van der Waals surface area (Å²) in [5.41, 5.74) is 9.07. The van der Waals surface area contributed by atoms with E-state index in [0.29, 0.717) is 0 Å². The van der Waals surface area contributed by atoms with Crippen LogP contribution < -0.4 is 5.73 Å². The number of rotatable bonds is 0. The minimum Gasteiger partial charge on any atom is -0.327 e. The fourth-order valence-corrected chi connectivity index (χ4v) is 2.04. The van der Waals surface area contributed by atoms with Gasteiger partial charge in [-0.1, -0.05) is 6.07 Å². The monoisotopic (exact) mass is 179 g/mol. The number of fused-ring (bicyclic) bond motifs is 1. The van der Waals surface area contributed by atoms with Gasteiger partial charge in [0.2, 0.25) is 0 Å². The molecule has 0 fully saturated rings. The number of benzene rings is 1. The lowest BCUT2D eigenvalue weighted by Gasteiger charge is -2.23. The largest absolute Gasteiger partial charge is 0.327 e. The standard InChI is InChI=1S/C11H14FN/c1-7-10-4-3-9(13)6-8(10)2-5-11(7)12/h2,5,9H,3-4,6,13H2,1H3. The van der Waals surface area contributed by atoms with E-state index in [-0.39, 0.29) is 11.9 Å². The number of nitrogens with two attached hydrogens (primary N) is 1. The molecule has 2 rings (SSSR count). The van der Waals surface area contributed by atoms with Gasteiger partial charge in [-0.25, -0.2) is 4.39 Å². The van der Waals surface area contributed by atoms with Gasteiger partial charge in [0.05, 0.1) is 0 Å².